The summed E-state index contributed by atoms with van der Waals surface area (Å²) in [6.45, 7) is 1.72. The molecule has 7 heteroatoms. The van der Waals surface area contributed by atoms with Crippen molar-refractivity contribution in [2.75, 3.05) is 17.2 Å². The number of benzene rings is 1. The Morgan fingerprint density at radius 1 is 1.30 bits per heavy atom. The van der Waals surface area contributed by atoms with E-state index in [9.17, 15) is 4.79 Å². The van der Waals surface area contributed by atoms with Gasteiger partial charge in [-0.2, -0.15) is 5.10 Å². The lowest BCUT2D eigenvalue weighted by Crippen LogP contribution is -2.19. The van der Waals surface area contributed by atoms with Crippen molar-refractivity contribution in [2.45, 2.75) is 13.0 Å². The lowest BCUT2D eigenvalue weighted by Gasteiger charge is -2.16. The van der Waals surface area contributed by atoms with E-state index in [1.165, 1.54) is 0 Å². The van der Waals surface area contributed by atoms with Crippen LogP contribution in [0.5, 0.6) is 0 Å². The molecule has 23 heavy (non-hydrogen) atoms. The van der Waals surface area contributed by atoms with Crippen LogP contribution in [0.3, 0.4) is 0 Å². The summed E-state index contributed by atoms with van der Waals surface area (Å²) in [6, 6.07) is 11.2. The molecule has 0 radical (unpaired) electrons. The Balaban J connectivity index is 1.54. The molecule has 3 heterocycles. The van der Waals surface area contributed by atoms with Gasteiger partial charge in [0.15, 0.2) is 0 Å². The predicted octanol–water partition coefficient (Wildman–Crippen LogP) is 2.61. The highest BCUT2D eigenvalue weighted by Gasteiger charge is 2.19. The van der Waals surface area contributed by atoms with E-state index in [4.69, 9.17) is 4.52 Å². The van der Waals surface area contributed by atoms with Gasteiger partial charge in [-0.05, 0) is 6.42 Å². The summed E-state index contributed by atoms with van der Waals surface area (Å²) in [7, 11) is 0. The van der Waals surface area contributed by atoms with Gasteiger partial charge in [0, 0.05) is 24.7 Å². The molecule has 0 spiro atoms. The first-order chi connectivity index (χ1) is 11.3. The molecule has 0 aliphatic carbocycles. The molecule has 1 aromatic carbocycles. The van der Waals surface area contributed by atoms with Gasteiger partial charge in [-0.25, -0.2) is 4.68 Å². The zero-order chi connectivity index (χ0) is 15.6. The topological polar surface area (TPSA) is 85.0 Å². The number of hydrogen-bond donors (Lipinski definition) is 2. The van der Waals surface area contributed by atoms with Crippen LogP contribution in [0.2, 0.25) is 0 Å². The second kappa shape index (κ2) is 5.60. The lowest BCUT2D eigenvalue weighted by molar-refractivity contribution is 0.0988. The third-order valence-electron chi connectivity index (χ3n) is 3.73. The van der Waals surface area contributed by atoms with Crippen LogP contribution in [0.4, 0.5) is 11.5 Å². The summed E-state index contributed by atoms with van der Waals surface area (Å²) in [4.78, 5) is 12.3. The third kappa shape index (κ3) is 2.57. The number of aryl methyl sites for hydroxylation is 1. The second-order valence-corrected chi connectivity index (χ2v) is 5.31. The van der Waals surface area contributed by atoms with Gasteiger partial charge in [0.05, 0.1) is 6.20 Å². The number of fused-ring (bicyclic) bond motifs is 1. The van der Waals surface area contributed by atoms with Crippen molar-refractivity contribution >= 4 is 17.4 Å². The molecule has 0 atom stereocenters. The van der Waals surface area contributed by atoms with E-state index >= 15 is 0 Å². The van der Waals surface area contributed by atoms with Crippen LogP contribution >= 0.6 is 0 Å². The molecule has 0 unspecified atom stereocenters. The van der Waals surface area contributed by atoms with Gasteiger partial charge in [0.25, 0.3) is 5.91 Å². The average Bonchev–Trinajstić information content (AvgIpc) is 3.24. The number of carbonyl (C=O) groups excluding carboxylic acids is 1. The number of amides is 1. The average molecular weight is 309 g/mol. The van der Waals surface area contributed by atoms with Gasteiger partial charge in [0.1, 0.15) is 17.2 Å². The molecule has 4 rings (SSSR count). The molecular formula is C16H15N5O2. The Hall–Kier alpha value is -3.09. The van der Waals surface area contributed by atoms with Crippen LogP contribution in [-0.4, -0.2) is 27.4 Å². The second-order valence-electron chi connectivity index (χ2n) is 5.31. The summed E-state index contributed by atoms with van der Waals surface area (Å²) >= 11 is 0. The van der Waals surface area contributed by atoms with E-state index in [2.05, 4.69) is 20.9 Å². The Kier molecular flexibility index (Phi) is 3.30. The van der Waals surface area contributed by atoms with Crippen LogP contribution in [-0.2, 0) is 6.54 Å². The highest BCUT2D eigenvalue weighted by atomic mass is 16.5. The molecule has 0 saturated carbocycles. The molecule has 2 N–H and O–H groups in total. The number of nitrogens with one attached hydrogen (secondary N) is 2. The van der Waals surface area contributed by atoms with Gasteiger partial charge in [-0.1, -0.05) is 35.5 Å². The number of hydrogen-bond acceptors (Lipinski definition) is 5. The minimum absolute atomic E-state index is 0.166. The molecule has 1 amide bonds. The van der Waals surface area contributed by atoms with Crippen LogP contribution < -0.4 is 10.6 Å². The van der Waals surface area contributed by atoms with Crippen LogP contribution in [0, 0.1) is 0 Å². The first-order valence-electron chi connectivity index (χ1n) is 7.44. The Bertz CT molecular complexity index is 837. The van der Waals surface area contributed by atoms with Crippen molar-refractivity contribution in [1.29, 1.82) is 0 Å². The summed E-state index contributed by atoms with van der Waals surface area (Å²) in [5, 5.41) is 14.3. The number of rotatable bonds is 3. The van der Waals surface area contributed by atoms with E-state index < -0.39 is 0 Å². The van der Waals surface area contributed by atoms with Crippen molar-refractivity contribution in [3.63, 3.8) is 0 Å². The standard InChI is InChI=1S/C16H15N5O2/c22-16(19-13-10-18-21-8-4-7-17-15(13)21)14-9-12(20-23-14)11-5-2-1-3-6-11/h1-3,5-6,9-10,17H,4,7-8H2,(H,19,22). The van der Waals surface area contributed by atoms with E-state index in [0.29, 0.717) is 11.4 Å². The maximum atomic E-state index is 12.3. The monoisotopic (exact) mass is 309 g/mol. The van der Waals surface area contributed by atoms with Crippen molar-refractivity contribution in [2.24, 2.45) is 0 Å². The fraction of sp³-hybridized carbons (Fsp3) is 0.188. The van der Waals surface area contributed by atoms with Crippen molar-refractivity contribution in [3.8, 4) is 11.3 Å². The predicted molar refractivity (Wildman–Crippen MR) is 85.2 cm³/mol. The molecule has 2 aromatic heterocycles. The maximum absolute atomic E-state index is 12.3. The van der Waals surface area contributed by atoms with Gasteiger partial charge in [0.2, 0.25) is 5.76 Å². The minimum atomic E-state index is -0.345. The number of aromatic nitrogens is 3. The smallest absolute Gasteiger partial charge is 0.294 e. The van der Waals surface area contributed by atoms with Crippen molar-refractivity contribution in [1.82, 2.24) is 14.9 Å². The normalized spacial score (nSPS) is 13.2. The van der Waals surface area contributed by atoms with Crippen molar-refractivity contribution in [3.05, 3.63) is 48.4 Å². The van der Waals surface area contributed by atoms with Crippen LogP contribution in [0.25, 0.3) is 11.3 Å². The Morgan fingerprint density at radius 3 is 3.04 bits per heavy atom. The summed E-state index contributed by atoms with van der Waals surface area (Å²) in [6.07, 6.45) is 2.66. The quantitative estimate of drug-likeness (QED) is 0.777. The molecule has 0 fully saturated rings. The SMILES string of the molecule is O=C(Nc1cnn2c1NCCC2)c1cc(-c2ccccc2)no1. The highest BCUT2D eigenvalue weighted by Crippen LogP contribution is 2.25. The Labute approximate surface area is 132 Å². The molecule has 1 aliphatic rings. The zero-order valence-corrected chi connectivity index (χ0v) is 12.3. The fourth-order valence-corrected chi connectivity index (χ4v) is 2.58. The first-order valence-corrected chi connectivity index (χ1v) is 7.44. The molecule has 3 aromatic rings. The lowest BCUT2D eigenvalue weighted by atomic mass is 10.1. The third-order valence-corrected chi connectivity index (χ3v) is 3.73. The zero-order valence-electron chi connectivity index (χ0n) is 12.3. The van der Waals surface area contributed by atoms with E-state index in [1.54, 1.807) is 12.3 Å². The fourth-order valence-electron chi connectivity index (χ4n) is 2.58. The largest absolute Gasteiger partial charge is 0.368 e. The van der Waals surface area contributed by atoms with Crippen LogP contribution in [0.1, 0.15) is 17.0 Å². The first kappa shape index (κ1) is 13.6. The molecule has 7 nitrogen and oxygen atoms in total. The maximum Gasteiger partial charge on any atom is 0.294 e. The summed E-state index contributed by atoms with van der Waals surface area (Å²) in [5.74, 6) is 0.648. The molecule has 0 bridgehead atoms. The number of anilines is 2. The molecule has 0 saturated heterocycles. The summed E-state index contributed by atoms with van der Waals surface area (Å²) in [5.41, 5.74) is 2.18. The number of carbonyl (C=O) groups is 1. The molecule has 116 valence electrons. The van der Waals surface area contributed by atoms with E-state index in [-0.39, 0.29) is 11.7 Å². The van der Waals surface area contributed by atoms with Gasteiger partial charge in [-0.3, -0.25) is 4.79 Å². The van der Waals surface area contributed by atoms with E-state index in [0.717, 1.165) is 30.9 Å². The highest BCUT2D eigenvalue weighted by molar-refractivity contribution is 6.04. The summed E-state index contributed by atoms with van der Waals surface area (Å²) < 4.78 is 7.01. The van der Waals surface area contributed by atoms with Gasteiger partial charge < -0.3 is 15.2 Å². The molecular weight excluding hydrogens is 294 g/mol. The Morgan fingerprint density at radius 2 is 2.17 bits per heavy atom. The van der Waals surface area contributed by atoms with Crippen molar-refractivity contribution < 1.29 is 9.32 Å². The number of nitrogens with zero attached hydrogens (tertiary/aromatic N) is 3. The van der Waals surface area contributed by atoms with Crippen LogP contribution in [0.15, 0.2) is 47.1 Å². The molecule has 1 aliphatic heterocycles. The van der Waals surface area contributed by atoms with Gasteiger partial charge >= 0.3 is 0 Å². The minimum Gasteiger partial charge on any atom is -0.368 e. The van der Waals surface area contributed by atoms with Gasteiger partial charge in [-0.15, -0.1) is 0 Å². The van der Waals surface area contributed by atoms with E-state index in [1.807, 2.05) is 35.0 Å².